The Labute approximate surface area is 178 Å². The minimum atomic E-state index is 0.876. The highest BCUT2D eigenvalue weighted by Gasteiger charge is 2.08. The van der Waals surface area contributed by atoms with Crippen LogP contribution in [-0.4, -0.2) is 0 Å². The van der Waals surface area contributed by atoms with Gasteiger partial charge in [-0.25, -0.2) is 0 Å². The minimum absolute atomic E-state index is 0.876. The quantitative estimate of drug-likeness (QED) is 0.255. The molecule has 3 aromatic carbocycles. The SMILES string of the molecule is CCCCCCCc1ccc(-c2ccc3c(Oc4ccccc4)csc3c2)cc1. The molecule has 1 nitrogen and oxygen atoms in total. The van der Waals surface area contributed by atoms with Crippen LogP contribution in [0, 0.1) is 0 Å². The number of rotatable bonds is 9. The van der Waals surface area contributed by atoms with Crippen molar-refractivity contribution in [3.63, 3.8) is 0 Å². The van der Waals surface area contributed by atoms with Crippen molar-refractivity contribution in [1.29, 1.82) is 0 Å². The van der Waals surface area contributed by atoms with Crippen molar-refractivity contribution in [3.05, 3.63) is 83.7 Å². The van der Waals surface area contributed by atoms with E-state index in [4.69, 9.17) is 4.74 Å². The molecule has 4 rings (SSSR count). The van der Waals surface area contributed by atoms with Crippen molar-refractivity contribution in [3.8, 4) is 22.6 Å². The molecule has 1 heterocycles. The maximum absolute atomic E-state index is 6.07. The summed E-state index contributed by atoms with van der Waals surface area (Å²) in [5, 5.41) is 3.27. The molecule has 0 aliphatic heterocycles. The number of fused-ring (bicyclic) bond motifs is 1. The van der Waals surface area contributed by atoms with Crippen LogP contribution in [-0.2, 0) is 6.42 Å². The van der Waals surface area contributed by atoms with Crippen LogP contribution < -0.4 is 4.74 Å². The topological polar surface area (TPSA) is 9.23 Å². The fourth-order valence-corrected chi connectivity index (χ4v) is 4.57. The van der Waals surface area contributed by atoms with Gasteiger partial charge in [0.15, 0.2) is 0 Å². The second kappa shape index (κ2) is 9.76. The molecule has 0 bridgehead atoms. The van der Waals surface area contributed by atoms with Gasteiger partial charge < -0.3 is 4.74 Å². The third-order valence-corrected chi connectivity index (χ3v) is 6.29. The molecular formula is C27H28OS. The second-order valence-corrected chi connectivity index (χ2v) is 8.50. The number of benzene rings is 3. The lowest BCUT2D eigenvalue weighted by Gasteiger charge is -2.07. The summed E-state index contributed by atoms with van der Waals surface area (Å²) in [5.74, 6) is 1.81. The van der Waals surface area contributed by atoms with Gasteiger partial charge in [0.05, 0.1) is 0 Å². The van der Waals surface area contributed by atoms with Crippen LogP contribution in [0.15, 0.2) is 78.2 Å². The summed E-state index contributed by atoms with van der Waals surface area (Å²) in [6.45, 7) is 2.27. The zero-order chi connectivity index (χ0) is 19.9. The van der Waals surface area contributed by atoms with Gasteiger partial charge in [0.1, 0.15) is 11.5 Å². The van der Waals surface area contributed by atoms with Crippen LogP contribution in [0.5, 0.6) is 11.5 Å². The third-order valence-electron chi connectivity index (χ3n) is 5.37. The van der Waals surface area contributed by atoms with E-state index in [1.54, 1.807) is 11.3 Å². The van der Waals surface area contributed by atoms with Gasteiger partial charge in [-0.15, -0.1) is 11.3 Å². The normalized spacial score (nSPS) is 11.1. The number of para-hydroxylation sites is 1. The van der Waals surface area contributed by atoms with Crippen molar-refractivity contribution < 1.29 is 4.74 Å². The molecular weight excluding hydrogens is 372 g/mol. The van der Waals surface area contributed by atoms with Gasteiger partial charge in [-0.3, -0.25) is 0 Å². The van der Waals surface area contributed by atoms with Crippen molar-refractivity contribution in [1.82, 2.24) is 0 Å². The lowest BCUT2D eigenvalue weighted by molar-refractivity contribution is 0.490. The van der Waals surface area contributed by atoms with Crippen LogP contribution >= 0.6 is 11.3 Å². The van der Waals surface area contributed by atoms with E-state index in [0.29, 0.717) is 0 Å². The number of unbranched alkanes of at least 4 members (excludes halogenated alkanes) is 4. The maximum Gasteiger partial charge on any atom is 0.145 e. The average Bonchev–Trinajstić information content (AvgIpc) is 3.17. The summed E-state index contributed by atoms with van der Waals surface area (Å²) in [6.07, 6.45) is 7.87. The number of ether oxygens (including phenoxy) is 1. The molecule has 1 aromatic heterocycles. The van der Waals surface area contributed by atoms with E-state index in [9.17, 15) is 0 Å². The van der Waals surface area contributed by atoms with Gasteiger partial charge in [-0.2, -0.15) is 0 Å². The van der Waals surface area contributed by atoms with Gasteiger partial charge in [0, 0.05) is 15.5 Å². The van der Waals surface area contributed by atoms with Crippen molar-refractivity contribution in [2.75, 3.05) is 0 Å². The molecule has 0 fully saturated rings. The molecule has 4 aromatic rings. The summed E-state index contributed by atoms with van der Waals surface area (Å²) in [4.78, 5) is 0. The van der Waals surface area contributed by atoms with Gasteiger partial charge in [0.2, 0.25) is 0 Å². The number of aryl methyl sites for hydroxylation is 1. The Morgan fingerprint density at radius 3 is 2.31 bits per heavy atom. The smallest absolute Gasteiger partial charge is 0.145 e. The predicted octanol–water partition coefficient (Wildman–Crippen LogP) is 8.87. The number of hydrogen-bond donors (Lipinski definition) is 0. The molecule has 0 amide bonds. The summed E-state index contributed by atoms with van der Waals surface area (Å²) in [6, 6.07) is 25.7. The highest BCUT2D eigenvalue weighted by Crippen LogP contribution is 2.37. The highest BCUT2D eigenvalue weighted by molar-refractivity contribution is 7.17. The van der Waals surface area contributed by atoms with E-state index in [-0.39, 0.29) is 0 Å². The van der Waals surface area contributed by atoms with Gasteiger partial charge in [0.25, 0.3) is 0 Å². The van der Waals surface area contributed by atoms with Gasteiger partial charge in [-0.05, 0) is 53.8 Å². The molecule has 0 saturated carbocycles. The van der Waals surface area contributed by atoms with Crippen molar-refractivity contribution >= 4 is 21.4 Å². The highest BCUT2D eigenvalue weighted by atomic mass is 32.1. The standard InChI is InChI=1S/C27H28OS/c1-2-3-4-5-7-10-21-13-15-22(16-14-21)23-17-18-25-26(20-29-27(25)19-23)28-24-11-8-6-9-12-24/h6,8-9,11-20H,2-5,7,10H2,1H3. The van der Waals surface area contributed by atoms with E-state index in [2.05, 4.69) is 54.8 Å². The summed E-state index contributed by atoms with van der Waals surface area (Å²) >= 11 is 1.74. The summed E-state index contributed by atoms with van der Waals surface area (Å²) in [7, 11) is 0. The van der Waals surface area contributed by atoms with Crippen LogP contribution in [0.1, 0.15) is 44.6 Å². The molecule has 2 heteroatoms. The van der Waals surface area contributed by atoms with Crippen LogP contribution in [0.3, 0.4) is 0 Å². The maximum atomic E-state index is 6.07. The van der Waals surface area contributed by atoms with Crippen LogP contribution in [0.25, 0.3) is 21.2 Å². The van der Waals surface area contributed by atoms with Gasteiger partial charge >= 0.3 is 0 Å². The minimum Gasteiger partial charge on any atom is -0.456 e. The molecule has 0 N–H and O–H groups in total. The predicted molar refractivity (Wildman–Crippen MR) is 126 cm³/mol. The molecule has 0 aliphatic rings. The zero-order valence-electron chi connectivity index (χ0n) is 17.1. The van der Waals surface area contributed by atoms with E-state index < -0.39 is 0 Å². The fourth-order valence-electron chi connectivity index (χ4n) is 3.67. The van der Waals surface area contributed by atoms with Crippen LogP contribution in [0.4, 0.5) is 0 Å². The molecule has 0 saturated heterocycles. The van der Waals surface area contributed by atoms with Crippen molar-refractivity contribution in [2.24, 2.45) is 0 Å². The lowest BCUT2D eigenvalue weighted by atomic mass is 10.0. The van der Waals surface area contributed by atoms with Crippen LogP contribution in [0.2, 0.25) is 0 Å². The van der Waals surface area contributed by atoms with E-state index in [1.807, 2.05) is 30.3 Å². The monoisotopic (exact) mass is 400 g/mol. The molecule has 0 aliphatic carbocycles. The van der Waals surface area contributed by atoms with E-state index in [1.165, 1.54) is 65.3 Å². The first-order valence-corrected chi connectivity index (χ1v) is 11.5. The Bertz CT molecular complexity index is 1030. The summed E-state index contributed by atoms with van der Waals surface area (Å²) < 4.78 is 7.32. The molecule has 0 spiro atoms. The first-order valence-electron chi connectivity index (χ1n) is 10.7. The molecule has 0 radical (unpaired) electrons. The summed E-state index contributed by atoms with van der Waals surface area (Å²) in [5.41, 5.74) is 3.99. The first kappa shape index (κ1) is 19.7. The number of hydrogen-bond acceptors (Lipinski definition) is 2. The fraction of sp³-hybridized carbons (Fsp3) is 0.259. The van der Waals surface area contributed by atoms with Crippen molar-refractivity contribution in [2.45, 2.75) is 45.4 Å². The number of thiophene rings is 1. The first-order chi connectivity index (χ1) is 14.3. The molecule has 29 heavy (non-hydrogen) atoms. The van der Waals surface area contributed by atoms with E-state index >= 15 is 0 Å². The Balaban J connectivity index is 1.44. The Kier molecular flexibility index (Phi) is 6.63. The zero-order valence-corrected chi connectivity index (χ0v) is 17.9. The molecule has 0 atom stereocenters. The third kappa shape index (κ3) is 5.07. The average molecular weight is 401 g/mol. The molecule has 0 unspecified atom stereocenters. The lowest BCUT2D eigenvalue weighted by Crippen LogP contribution is -1.87. The van der Waals surface area contributed by atoms with Gasteiger partial charge in [-0.1, -0.05) is 81.1 Å². The Morgan fingerprint density at radius 1 is 0.759 bits per heavy atom. The Morgan fingerprint density at radius 2 is 1.52 bits per heavy atom. The Hall–Kier alpha value is -2.58. The second-order valence-electron chi connectivity index (χ2n) is 7.59. The van der Waals surface area contributed by atoms with E-state index in [0.717, 1.165) is 11.5 Å². The largest absolute Gasteiger partial charge is 0.456 e. The molecule has 148 valence electrons.